The first-order valence-corrected chi connectivity index (χ1v) is 12.1. The van der Waals surface area contributed by atoms with Crippen LogP contribution in [0, 0.1) is 13.8 Å². The number of pyridine rings is 1. The molecule has 10 heteroatoms. The quantitative estimate of drug-likeness (QED) is 0.414. The molecule has 3 aromatic heterocycles. The molecular weight excluding hydrogens is 462 g/mol. The van der Waals surface area contributed by atoms with Crippen molar-refractivity contribution in [2.75, 3.05) is 41.3 Å². The standard InChI is InChI=1S/C26H30F2N8/c1-16-20(6-5-7-21(16)25(27)28)17(2)31-26-22-12-24(29-14-23(22)18(3)32-33-26)36-10-8-35(9-11-36)19-13-30-34(4)15-19/h5-7,12-15,17,25H,8-11H2,1-4H3,(H,31,33)/t17-/m1/s1. The van der Waals surface area contributed by atoms with Crippen molar-refractivity contribution < 1.29 is 8.78 Å². The van der Waals surface area contributed by atoms with E-state index in [9.17, 15) is 8.78 Å². The van der Waals surface area contributed by atoms with Gasteiger partial charge in [0.1, 0.15) is 5.82 Å². The number of aromatic nitrogens is 5. The number of fused-ring (bicyclic) bond motifs is 1. The van der Waals surface area contributed by atoms with Crippen LogP contribution in [-0.4, -0.2) is 51.1 Å². The molecule has 4 aromatic rings. The molecule has 1 aliphatic rings. The highest BCUT2D eigenvalue weighted by Gasteiger charge is 2.21. The molecule has 1 atom stereocenters. The summed E-state index contributed by atoms with van der Waals surface area (Å²) in [6.45, 7) is 9.02. The van der Waals surface area contributed by atoms with Gasteiger partial charge in [-0.2, -0.15) is 10.2 Å². The Hall–Kier alpha value is -3.82. The van der Waals surface area contributed by atoms with E-state index in [-0.39, 0.29) is 11.6 Å². The molecule has 0 amide bonds. The number of rotatable bonds is 6. The predicted molar refractivity (Wildman–Crippen MR) is 138 cm³/mol. The Morgan fingerprint density at radius 2 is 1.67 bits per heavy atom. The molecule has 0 radical (unpaired) electrons. The van der Waals surface area contributed by atoms with Gasteiger partial charge in [0.15, 0.2) is 5.82 Å². The minimum atomic E-state index is -2.51. The second kappa shape index (κ2) is 9.67. The average molecular weight is 493 g/mol. The fraction of sp³-hybridized carbons (Fsp3) is 0.385. The van der Waals surface area contributed by atoms with Gasteiger partial charge in [0, 0.05) is 62.0 Å². The first-order valence-electron chi connectivity index (χ1n) is 12.1. The van der Waals surface area contributed by atoms with E-state index in [2.05, 4.69) is 30.4 Å². The second-order valence-corrected chi connectivity index (χ2v) is 9.30. The van der Waals surface area contributed by atoms with Crippen LogP contribution in [0.4, 0.5) is 26.1 Å². The summed E-state index contributed by atoms with van der Waals surface area (Å²) in [6, 6.07) is 6.84. The van der Waals surface area contributed by atoms with E-state index in [0.29, 0.717) is 11.4 Å². The van der Waals surface area contributed by atoms with Crippen LogP contribution in [0.2, 0.25) is 0 Å². The first-order chi connectivity index (χ1) is 17.3. The van der Waals surface area contributed by atoms with Gasteiger partial charge in [0.25, 0.3) is 6.43 Å². The monoisotopic (exact) mass is 492 g/mol. The molecule has 5 rings (SSSR count). The molecule has 1 N–H and O–H groups in total. The Labute approximate surface area is 209 Å². The van der Waals surface area contributed by atoms with E-state index >= 15 is 0 Å². The van der Waals surface area contributed by atoms with Gasteiger partial charge in [-0.25, -0.2) is 13.8 Å². The van der Waals surface area contributed by atoms with Gasteiger partial charge in [0.05, 0.1) is 23.6 Å². The molecule has 1 aliphatic heterocycles. The molecule has 8 nitrogen and oxygen atoms in total. The Balaban J connectivity index is 1.40. The summed E-state index contributed by atoms with van der Waals surface area (Å²) in [6.07, 6.45) is 3.26. The minimum absolute atomic E-state index is 0.0536. The van der Waals surface area contributed by atoms with Crippen molar-refractivity contribution in [2.45, 2.75) is 33.2 Å². The molecule has 0 unspecified atom stereocenters. The van der Waals surface area contributed by atoms with Crippen LogP contribution in [-0.2, 0) is 7.05 Å². The van der Waals surface area contributed by atoms with Gasteiger partial charge in [-0.1, -0.05) is 18.2 Å². The van der Waals surface area contributed by atoms with Crippen molar-refractivity contribution in [1.29, 1.82) is 0 Å². The molecule has 1 saturated heterocycles. The summed E-state index contributed by atoms with van der Waals surface area (Å²) < 4.78 is 28.7. The van der Waals surface area contributed by atoms with E-state index < -0.39 is 6.43 Å². The normalized spacial score (nSPS) is 15.1. The fourth-order valence-corrected chi connectivity index (χ4v) is 4.87. The number of nitrogens with one attached hydrogen (secondary N) is 1. The van der Waals surface area contributed by atoms with Crippen LogP contribution in [0.3, 0.4) is 0 Å². The number of benzene rings is 1. The maximum absolute atomic E-state index is 13.4. The highest BCUT2D eigenvalue weighted by molar-refractivity contribution is 5.94. The number of aryl methyl sites for hydroxylation is 2. The highest BCUT2D eigenvalue weighted by atomic mass is 19.3. The Morgan fingerprint density at radius 3 is 2.36 bits per heavy atom. The molecule has 188 valence electrons. The van der Waals surface area contributed by atoms with Crippen molar-refractivity contribution in [3.05, 3.63) is 65.2 Å². The number of piperazine rings is 1. The van der Waals surface area contributed by atoms with Gasteiger partial charge in [-0.3, -0.25) is 4.68 Å². The summed E-state index contributed by atoms with van der Waals surface area (Å²) in [5, 5.41) is 18.3. The predicted octanol–water partition coefficient (Wildman–Crippen LogP) is 4.81. The first kappa shape index (κ1) is 23.9. The zero-order chi connectivity index (χ0) is 25.4. The average Bonchev–Trinajstić information content (AvgIpc) is 3.31. The number of hydrogen-bond acceptors (Lipinski definition) is 7. The van der Waals surface area contributed by atoms with Crippen LogP contribution < -0.4 is 15.1 Å². The molecule has 1 fully saturated rings. The van der Waals surface area contributed by atoms with Crippen LogP contribution >= 0.6 is 0 Å². The third-order valence-electron chi connectivity index (χ3n) is 6.97. The number of hydrogen-bond donors (Lipinski definition) is 1. The minimum Gasteiger partial charge on any atom is -0.365 e. The largest absolute Gasteiger partial charge is 0.365 e. The number of halogens is 2. The maximum Gasteiger partial charge on any atom is 0.264 e. The van der Waals surface area contributed by atoms with E-state index in [1.165, 1.54) is 6.07 Å². The third kappa shape index (κ3) is 4.55. The number of alkyl halides is 2. The van der Waals surface area contributed by atoms with Crippen LogP contribution in [0.15, 0.2) is 42.9 Å². The Morgan fingerprint density at radius 1 is 0.944 bits per heavy atom. The van der Waals surface area contributed by atoms with E-state index in [1.54, 1.807) is 13.0 Å². The van der Waals surface area contributed by atoms with Gasteiger partial charge < -0.3 is 15.1 Å². The topological polar surface area (TPSA) is 75.0 Å². The number of nitrogens with zero attached hydrogens (tertiary/aromatic N) is 7. The fourth-order valence-electron chi connectivity index (χ4n) is 4.87. The lowest BCUT2D eigenvalue weighted by Crippen LogP contribution is -2.46. The lowest BCUT2D eigenvalue weighted by atomic mass is 9.97. The van der Waals surface area contributed by atoms with Crippen molar-refractivity contribution in [3.8, 4) is 0 Å². The lowest BCUT2D eigenvalue weighted by Gasteiger charge is -2.36. The van der Waals surface area contributed by atoms with Crippen LogP contribution in [0.1, 0.15) is 41.8 Å². The Bertz CT molecular complexity index is 1380. The summed E-state index contributed by atoms with van der Waals surface area (Å²) >= 11 is 0. The molecule has 1 aromatic carbocycles. The van der Waals surface area contributed by atoms with Gasteiger partial charge in [-0.15, -0.1) is 5.10 Å². The summed E-state index contributed by atoms with van der Waals surface area (Å²) in [7, 11) is 1.92. The zero-order valence-corrected chi connectivity index (χ0v) is 20.9. The van der Waals surface area contributed by atoms with Crippen molar-refractivity contribution in [2.24, 2.45) is 7.05 Å². The molecule has 0 bridgehead atoms. The molecule has 0 saturated carbocycles. The van der Waals surface area contributed by atoms with E-state index in [0.717, 1.165) is 59.7 Å². The Kier molecular flexibility index (Phi) is 6.42. The maximum atomic E-state index is 13.4. The summed E-state index contributed by atoms with van der Waals surface area (Å²) in [5.41, 5.74) is 3.37. The van der Waals surface area contributed by atoms with E-state index in [4.69, 9.17) is 4.98 Å². The molecule has 36 heavy (non-hydrogen) atoms. The van der Waals surface area contributed by atoms with Gasteiger partial charge in [-0.05, 0) is 38.0 Å². The third-order valence-corrected chi connectivity index (χ3v) is 6.97. The second-order valence-electron chi connectivity index (χ2n) is 9.30. The summed E-state index contributed by atoms with van der Waals surface area (Å²) in [5.74, 6) is 1.50. The zero-order valence-electron chi connectivity index (χ0n) is 20.9. The smallest absolute Gasteiger partial charge is 0.264 e. The lowest BCUT2D eigenvalue weighted by molar-refractivity contribution is 0.150. The molecule has 4 heterocycles. The van der Waals surface area contributed by atoms with Crippen molar-refractivity contribution in [1.82, 2.24) is 25.0 Å². The summed E-state index contributed by atoms with van der Waals surface area (Å²) in [4.78, 5) is 9.32. The van der Waals surface area contributed by atoms with Crippen molar-refractivity contribution in [3.63, 3.8) is 0 Å². The van der Waals surface area contributed by atoms with E-state index in [1.807, 2.05) is 56.3 Å². The van der Waals surface area contributed by atoms with Crippen LogP contribution in [0.5, 0.6) is 0 Å². The highest BCUT2D eigenvalue weighted by Crippen LogP contribution is 2.32. The van der Waals surface area contributed by atoms with Crippen molar-refractivity contribution >= 4 is 28.1 Å². The SMILES string of the molecule is Cc1c(C(F)F)cccc1[C@@H](C)Nc1nnc(C)c2cnc(N3CCN(c4cnn(C)c4)CC3)cc12. The van der Waals surface area contributed by atoms with Gasteiger partial charge in [0.2, 0.25) is 0 Å². The van der Waals surface area contributed by atoms with Crippen LogP contribution in [0.25, 0.3) is 10.8 Å². The van der Waals surface area contributed by atoms with Gasteiger partial charge >= 0.3 is 0 Å². The molecule has 0 spiro atoms. The molecular formula is C26H30F2N8. The molecule has 0 aliphatic carbocycles. The number of anilines is 3.